The van der Waals surface area contributed by atoms with Crippen molar-refractivity contribution in [1.29, 1.82) is 0 Å². The number of hydrogen-bond acceptors (Lipinski definition) is 4. The van der Waals surface area contributed by atoms with E-state index >= 15 is 0 Å². The van der Waals surface area contributed by atoms with Gasteiger partial charge in [-0.1, -0.05) is 6.92 Å². The maximum absolute atomic E-state index is 12.8. The van der Waals surface area contributed by atoms with E-state index in [0.717, 1.165) is 57.0 Å². The summed E-state index contributed by atoms with van der Waals surface area (Å²) in [4.78, 5) is 14.6. The average molecular weight is 277 g/mol. The summed E-state index contributed by atoms with van der Waals surface area (Å²) in [5, 5.41) is 11.8. The van der Waals surface area contributed by atoms with Crippen molar-refractivity contribution < 1.29 is 4.79 Å². The molecule has 1 amide bonds. The summed E-state index contributed by atoms with van der Waals surface area (Å²) in [6, 6.07) is 0. The quantitative estimate of drug-likeness (QED) is 0.874. The van der Waals surface area contributed by atoms with E-state index in [4.69, 9.17) is 0 Å². The molecule has 110 valence electrons. The summed E-state index contributed by atoms with van der Waals surface area (Å²) < 4.78 is 2.16. The zero-order valence-electron chi connectivity index (χ0n) is 12.4. The third-order valence-corrected chi connectivity index (χ3v) is 4.79. The maximum atomic E-state index is 12.8. The molecule has 0 bridgehead atoms. The van der Waals surface area contributed by atoms with Crippen LogP contribution in [0.5, 0.6) is 0 Å². The van der Waals surface area contributed by atoms with Crippen LogP contribution in [-0.4, -0.2) is 45.7 Å². The average Bonchev–Trinajstić information content (AvgIpc) is 3.16. The lowest BCUT2D eigenvalue weighted by atomic mass is 9.83. The lowest BCUT2D eigenvalue weighted by molar-refractivity contribution is -0.140. The molecule has 0 spiro atoms. The van der Waals surface area contributed by atoms with E-state index in [1.165, 1.54) is 0 Å². The molecule has 1 N–H and O–H groups in total. The van der Waals surface area contributed by atoms with Gasteiger partial charge in [0.2, 0.25) is 5.91 Å². The second-order valence-electron chi connectivity index (χ2n) is 6.01. The second-order valence-corrected chi connectivity index (χ2v) is 6.01. The molecular formula is C14H23N5O. The van der Waals surface area contributed by atoms with E-state index in [1.54, 1.807) is 0 Å². The number of fused-ring (bicyclic) bond motifs is 1. The van der Waals surface area contributed by atoms with Gasteiger partial charge in [0.1, 0.15) is 5.82 Å². The SMILES string of the molecule is CCC1(C(=O)N(C)Cc2nnc3n2CCC3)CCNC1. The molecule has 3 heterocycles. The fourth-order valence-electron chi connectivity index (χ4n) is 3.40. The van der Waals surface area contributed by atoms with Crippen molar-refractivity contribution in [2.24, 2.45) is 5.41 Å². The zero-order chi connectivity index (χ0) is 14.2. The Morgan fingerprint density at radius 1 is 1.50 bits per heavy atom. The van der Waals surface area contributed by atoms with Crippen molar-refractivity contribution in [3.8, 4) is 0 Å². The summed E-state index contributed by atoms with van der Waals surface area (Å²) in [7, 11) is 1.88. The van der Waals surface area contributed by atoms with Crippen LogP contribution in [0.3, 0.4) is 0 Å². The van der Waals surface area contributed by atoms with E-state index in [0.29, 0.717) is 6.54 Å². The molecule has 0 aromatic carbocycles. The van der Waals surface area contributed by atoms with Crippen LogP contribution in [0.1, 0.15) is 37.8 Å². The van der Waals surface area contributed by atoms with E-state index in [9.17, 15) is 4.79 Å². The molecule has 1 unspecified atom stereocenters. The summed E-state index contributed by atoms with van der Waals surface area (Å²) in [5.41, 5.74) is -0.220. The Morgan fingerprint density at radius 2 is 2.35 bits per heavy atom. The standard InChI is InChI=1S/C14H23N5O/c1-3-14(6-7-15-10-14)13(20)18(2)9-12-17-16-11-5-4-8-19(11)12/h15H,3-10H2,1-2H3. The summed E-state index contributed by atoms with van der Waals surface area (Å²) in [5.74, 6) is 2.22. The molecule has 1 saturated heterocycles. The highest BCUT2D eigenvalue weighted by atomic mass is 16.2. The van der Waals surface area contributed by atoms with Gasteiger partial charge < -0.3 is 14.8 Å². The molecule has 20 heavy (non-hydrogen) atoms. The van der Waals surface area contributed by atoms with Crippen LogP contribution >= 0.6 is 0 Å². The Bertz CT molecular complexity index is 504. The molecule has 2 aliphatic heterocycles. The van der Waals surface area contributed by atoms with Gasteiger partial charge >= 0.3 is 0 Å². The Morgan fingerprint density at radius 3 is 3.05 bits per heavy atom. The highest BCUT2D eigenvalue weighted by molar-refractivity contribution is 5.83. The van der Waals surface area contributed by atoms with Crippen LogP contribution in [-0.2, 0) is 24.3 Å². The molecule has 1 aromatic heterocycles. The van der Waals surface area contributed by atoms with Crippen LogP contribution in [0, 0.1) is 5.41 Å². The number of aromatic nitrogens is 3. The zero-order valence-corrected chi connectivity index (χ0v) is 12.4. The van der Waals surface area contributed by atoms with Crippen molar-refractivity contribution in [2.45, 2.75) is 45.7 Å². The molecule has 1 fully saturated rings. The van der Waals surface area contributed by atoms with Crippen molar-refractivity contribution in [3.63, 3.8) is 0 Å². The minimum atomic E-state index is -0.220. The number of nitrogens with zero attached hydrogens (tertiary/aromatic N) is 4. The molecule has 0 saturated carbocycles. The van der Waals surface area contributed by atoms with Crippen LogP contribution in [0.15, 0.2) is 0 Å². The molecule has 1 atom stereocenters. The van der Waals surface area contributed by atoms with Crippen molar-refractivity contribution in [3.05, 3.63) is 11.6 Å². The topological polar surface area (TPSA) is 63.1 Å². The van der Waals surface area contributed by atoms with Gasteiger partial charge in [-0.2, -0.15) is 0 Å². The van der Waals surface area contributed by atoms with E-state index in [2.05, 4.69) is 27.0 Å². The fraction of sp³-hybridized carbons (Fsp3) is 0.786. The minimum absolute atomic E-state index is 0.220. The van der Waals surface area contributed by atoms with Crippen LogP contribution < -0.4 is 5.32 Å². The lowest BCUT2D eigenvalue weighted by Crippen LogP contribution is -2.43. The number of carbonyl (C=O) groups is 1. The van der Waals surface area contributed by atoms with Gasteiger partial charge in [0.15, 0.2) is 5.82 Å². The number of rotatable bonds is 4. The maximum Gasteiger partial charge on any atom is 0.230 e. The first kappa shape index (κ1) is 13.5. The summed E-state index contributed by atoms with van der Waals surface area (Å²) >= 11 is 0. The summed E-state index contributed by atoms with van der Waals surface area (Å²) in [6.45, 7) is 5.39. The Kier molecular flexibility index (Phi) is 3.50. The molecule has 3 rings (SSSR count). The number of amides is 1. The van der Waals surface area contributed by atoms with Crippen molar-refractivity contribution >= 4 is 5.91 Å². The predicted octanol–water partition coefficient (Wildman–Crippen LogP) is 0.572. The van der Waals surface area contributed by atoms with Gasteiger partial charge in [-0.3, -0.25) is 4.79 Å². The first-order valence-electron chi connectivity index (χ1n) is 7.53. The molecular weight excluding hydrogens is 254 g/mol. The molecule has 0 aliphatic carbocycles. The van der Waals surface area contributed by atoms with Gasteiger partial charge in [-0.25, -0.2) is 0 Å². The third-order valence-electron chi connectivity index (χ3n) is 4.79. The monoisotopic (exact) mass is 277 g/mol. The van der Waals surface area contributed by atoms with Gasteiger partial charge in [0.25, 0.3) is 0 Å². The van der Waals surface area contributed by atoms with E-state index in [-0.39, 0.29) is 11.3 Å². The van der Waals surface area contributed by atoms with E-state index < -0.39 is 0 Å². The van der Waals surface area contributed by atoms with Crippen molar-refractivity contribution in [2.75, 3.05) is 20.1 Å². The van der Waals surface area contributed by atoms with Crippen LogP contribution in [0.2, 0.25) is 0 Å². The number of nitrogens with one attached hydrogen (secondary N) is 1. The van der Waals surface area contributed by atoms with E-state index in [1.807, 2.05) is 11.9 Å². The number of aryl methyl sites for hydroxylation is 1. The third kappa shape index (κ3) is 2.12. The first-order valence-corrected chi connectivity index (χ1v) is 7.53. The highest BCUT2D eigenvalue weighted by Gasteiger charge is 2.41. The summed E-state index contributed by atoms with van der Waals surface area (Å²) in [6.07, 6.45) is 3.97. The largest absolute Gasteiger partial charge is 0.338 e. The first-order chi connectivity index (χ1) is 9.66. The normalized spacial score (nSPS) is 24.9. The van der Waals surface area contributed by atoms with Gasteiger partial charge in [-0.15, -0.1) is 10.2 Å². The van der Waals surface area contributed by atoms with Crippen LogP contribution in [0.4, 0.5) is 0 Å². The number of hydrogen-bond donors (Lipinski definition) is 1. The highest BCUT2D eigenvalue weighted by Crippen LogP contribution is 2.31. The fourth-order valence-corrected chi connectivity index (χ4v) is 3.40. The molecule has 6 nitrogen and oxygen atoms in total. The Hall–Kier alpha value is -1.43. The molecule has 6 heteroatoms. The lowest BCUT2D eigenvalue weighted by Gasteiger charge is -2.30. The van der Waals surface area contributed by atoms with Crippen molar-refractivity contribution in [1.82, 2.24) is 25.0 Å². The molecule has 2 aliphatic rings. The minimum Gasteiger partial charge on any atom is -0.338 e. The number of carbonyl (C=O) groups excluding carboxylic acids is 1. The predicted molar refractivity (Wildman–Crippen MR) is 75.0 cm³/mol. The van der Waals surface area contributed by atoms with Gasteiger partial charge in [0, 0.05) is 26.6 Å². The van der Waals surface area contributed by atoms with Gasteiger partial charge in [0.05, 0.1) is 12.0 Å². The Balaban J connectivity index is 1.72. The Labute approximate surface area is 119 Å². The smallest absolute Gasteiger partial charge is 0.230 e. The van der Waals surface area contributed by atoms with Gasteiger partial charge in [-0.05, 0) is 25.8 Å². The molecule has 0 radical (unpaired) electrons. The molecule has 1 aromatic rings. The van der Waals surface area contributed by atoms with Crippen LogP contribution in [0.25, 0.3) is 0 Å². The second kappa shape index (κ2) is 5.16.